The van der Waals surface area contributed by atoms with Crippen LogP contribution < -0.4 is 5.32 Å². The molecule has 0 spiro atoms. The molecule has 0 aromatic heterocycles. The monoisotopic (exact) mass is 355 g/mol. The van der Waals surface area contributed by atoms with Crippen molar-refractivity contribution in [1.29, 1.82) is 0 Å². The Balaban J connectivity index is 2.21. The van der Waals surface area contributed by atoms with Gasteiger partial charge in [-0.25, -0.2) is 4.79 Å². The van der Waals surface area contributed by atoms with Crippen LogP contribution in [0.5, 0.6) is 0 Å². The molecule has 0 aliphatic carbocycles. The van der Waals surface area contributed by atoms with Crippen LogP contribution >= 0.6 is 15.9 Å². The number of halogens is 1. The third kappa shape index (κ3) is 3.84. The number of hydrogen-bond donors (Lipinski definition) is 1. The average Bonchev–Trinajstić information content (AvgIpc) is 2.99. The lowest BCUT2D eigenvalue weighted by Gasteiger charge is -2.31. The molecule has 1 aliphatic heterocycles. The minimum Gasteiger partial charge on any atom is -0.464 e. The zero-order chi connectivity index (χ0) is 15.3. The molecule has 21 heavy (non-hydrogen) atoms. The molecule has 1 heterocycles. The summed E-state index contributed by atoms with van der Waals surface area (Å²) >= 11 is 3.53. The first kappa shape index (κ1) is 16.5. The Labute approximate surface area is 134 Å². The van der Waals surface area contributed by atoms with Crippen LogP contribution in [0, 0.1) is 0 Å². The highest BCUT2D eigenvalue weighted by molar-refractivity contribution is 9.10. The summed E-state index contributed by atoms with van der Waals surface area (Å²) in [5.41, 5.74) is -0.0105. The van der Waals surface area contributed by atoms with Gasteiger partial charge in [-0.05, 0) is 38.3 Å². The van der Waals surface area contributed by atoms with E-state index in [0.29, 0.717) is 13.2 Å². The average molecular weight is 356 g/mol. The molecule has 1 aromatic carbocycles. The summed E-state index contributed by atoms with van der Waals surface area (Å²) in [5, 5.41) is 3.35. The van der Waals surface area contributed by atoms with Crippen molar-refractivity contribution in [1.82, 2.24) is 5.32 Å². The van der Waals surface area contributed by atoms with Gasteiger partial charge in [0.1, 0.15) is 5.54 Å². The minimum atomic E-state index is -0.887. The number of esters is 1. The van der Waals surface area contributed by atoms with E-state index in [1.54, 1.807) is 0 Å². The van der Waals surface area contributed by atoms with Gasteiger partial charge in [-0.3, -0.25) is 5.32 Å². The highest BCUT2D eigenvalue weighted by Crippen LogP contribution is 2.30. The van der Waals surface area contributed by atoms with Gasteiger partial charge in [0.05, 0.1) is 12.7 Å². The van der Waals surface area contributed by atoms with Crippen molar-refractivity contribution >= 4 is 21.9 Å². The van der Waals surface area contributed by atoms with E-state index in [4.69, 9.17) is 9.47 Å². The molecule has 2 rings (SSSR count). The van der Waals surface area contributed by atoms with Crippen molar-refractivity contribution in [3.8, 4) is 0 Å². The van der Waals surface area contributed by atoms with E-state index in [2.05, 4.69) is 21.2 Å². The number of carbonyl (C=O) groups excluding carboxylic acids is 1. The maximum Gasteiger partial charge on any atom is 0.330 e. The predicted molar refractivity (Wildman–Crippen MR) is 85.1 cm³/mol. The largest absolute Gasteiger partial charge is 0.464 e. The third-order valence-corrected chi connectivity index (χ3v) is 4.49. The summed E-state index contributed by atoms with van der Waals surface area (Å²) in [5.74, 6) is -0.269. The minimum absolute atomic E-state index is 0.168. The standard InChI is InChI=1S/C16H22BrNO3/c1-3-20-15(19)16(2,13-8-4-5-9-14(13)17)18-11-12-7-6-10-21-12/h4-5,8-9,12,18H,3,6-7,10-11H2,1-2H3. The SMILES string of the molecule is CCOC(=O)C(C)(NCC1CCCO1)c1ccccc1Br. The molecule has 1 aromatic rings. The summed E-state index contributed by atoms with van der Waals surface area (Å²) < 4.78 is 11.8. The van der Waals surface area contributed by atoms with Crippen LogP contribution in [0.1, 0.15) is 32.3 Å². The molecule has 0 radical (unpaired) electrons. The quantitative estimate of drug-likeness (QED) is 0.796. The first-order valence-corrected chi connectivity index (χ1v) is 8.16. The molecule has 4 nitrogen and oxygen atoms in total. The van der Waals surface area contributed by atoms with Gasteiger partial charge in [0, 0.05) is 17.6 Å². The zero-order valence-corrected chi connectivity index (χ0v) is 14.1. The van der Waals surface area contributed by atoms with Crippen molar-refractivity contribution in [2.75, 3.05) is 19.8 Å². The molecule has 1 aliphatic rings. The summed E-state index contributed by atoms with van der Waals surface area (Å²) in [6, 6.07) is 7.72. The van der Waals surface area contributed by atoms with E-state index in [0.717, 1.165) is 29.5 Å². The van der Waals surface area contributed by atoms with Gasteiger partial charge in [-0.15, -0.1) is 0 Å². The van der Waals surface area contributed by atoms with Crippen LogP contribution in [0.2, 0.25) is 0 Å². The molecule has 116 valence electrons. The normalized spacial score (nSPS) is 21.0. The Morgan fingerprint density at radius 2 is 2.29 bits per heavy atom. The Morgan fingerprint density at radius 1 is 1.52 bits per heavy atom. The lowest BCUT2D eigenvalue weighted by Crippen LogP contribution is -2.50. The maximum atomic E-state index is 12.5. The third-order valence-electron chi connectivity index (χ3n) is 3.80. The first-order valence-electron chi connectivity index (χ1n) is 7.36. The highest BCUT2D eigenvalue weighted by atomic mass is 79.9. The Kier molecular flexibility index (Phi) is 5.79. The van der Waals surface area contributed by atoms with Crippen LogP contribution in [0.25, 0.3) is 0 Å². The highest BCUT2D eigenvalue weighted by Gasteiger charge is 2.38. The second-order valence-corrected chi connectivity index (χ2v) is 6.20. The molecule has 2 unspecified atom stereocenters. The van der Waals surface area contributed by atoms with E-state index in [9.17, 15) is 4.79 Å². The van der Waals surface area contributed by atoms with Crippen LogP contribution in [0.4, 0.5) is 0 Å². The van der Waals surface area contributed by atoms with Gasteiger partial charge in [0.15, 0.2) is 0 Å². The number of ether oxygens (including phenoxy) is 2. The van der Waals surface area contributed by atoms with E-state index in [-0.39, 0.29) is 12.1 Å². The Bertz CT molecular complexity index is 488. The van der Waals surface area contributed by atoms with Crippen LogP contribution in [0.3, 0.4) is 0 Å². The van der Waals surface area contributed by atoms with E-state index in [1.807, 2.05) is 38.1 Å². The molecule has 2 atom stereocenters. The lowest BCUT2D eigenvalue weighted by atomic mass is 9.91. The lowest BCUT2D eigenvalue weighted by molar-refractivity contribution is -0.151. The van der Waals surface area contributed by atoms with E-state index in [1.165, 1.54) is 0 Å². The van der Waals surface area contributed by atoms with Crippen molar-refractivity contribution in [3.05, 3.63) is 34.3 Å². The molecule has 1 fully saturated rings. The van der Waals surface area contributed by atoms with Crippen molar-refractivity contribution in [2.45, 2.75) is 38.3 Å². The number of nitrogens with one attached hydrogen (secondary N) is 1. The molecule has 1 N–H and O–H groups in total. The topological polar surface area (TPSA) is 47.6 Å². The molecule has 1 saturated heterocycles. The molecule has 5 heteroatoms. The second-order valence-electron chi connectivity index (χ2n) is 5.34. The smallest absolute Gasteiger partial charge is 0.330 e. The summed E-state index contributed by atoms with van der Waals surface area (Å²) in [7, 11) is 0. The van der Waals surface area contributed by atoms with Crippen LogP contribution in [0.15, 0.2) is 28.7 Å². The van der Waals surface area contributed by atoms with Crippen molar-refractivity contribution in [3.63, 3.8) is 0 Å². The van der Waals surface area contributed by atoms with Gasteiger partial charge in [-0.2, -0.15) is 0 Å². The molecular weight excluding hydrogens is 334 g/mol. The predicted octanol–water partition coefficient (Wildman–Crippen LogP) is 3.00. The fourth-order valence-electron chi connectivity index (χ4n) is 2.54. The van der Waals surface area contributed by atoms with Gasteiger partial charge in [0.2, 0.25) is 0 Å². The molecule has 0 saturated carbocycles. The maximum absolute atomic E-state index is 12.5. The van der Waals surface area contributed by atoms with Crippen molar-refractivity contribution < 1.29 is 14.3 Å². The van der Waals surface area contributed by atoms with Gasteiger partial charge in [-0.1, -0.05) is 34.1 Å². The van der Waals surface area contributed by atoms with E-state index >= 15 is 0 Å². The second kappa shape index (κ2) is 7.38. The van der Waals surface area contributed by atoms with Crippen LogP contribution in [-0.2, 0) is 19.8 Å². The summed E-state index contributed by atoms with van der Waals surface area (Å²) in [6.07, 6.45) is 2.28. The Morgan fingerprint density at radius 3 is 2.90 bits per heavy atom. The van der Waals surface area contributed by atoms with E-state index < -0.39 is 5.54 Å². The van der Waals surface area contributed by atoms with Gasteiger partial charge >= 0.3 is 5.97 Å². The number of hydrogen-bond acceptors (Lipinski definition) is 4. The zero-order valence-electron chi connectivity index (χ0n) is 12.5. The number of benzene rings is 1. The summed E-state index contributed by atoms with van der Waals surface area (Å²) in [6.45, 7) is 5.48. The van der Waals surface area contributed by atoms with Crippen LogP contribution in [-0.4, -0.2) is 31.8 Å². The molecule has 0 amide bonds. The summed E-state index contributed by atoms with van der Waals surface area (Å²) in [4.78, 5) is 12.5. The fourth-order valence-corrected chi connectivity index (χ4v) is 3.22. The van der Waals surface area contributed by atoms with Gasteiger partial charge < -0.3 is 9.47 Å². The fraction of sp³-hybridized carbons (Fsp3) is 0.562. The van der Waals surface area contributed by atoms with Gasteiger partial charge in [0.25, 0.3) is 0 Å². The molecular formula is C16H22BrNO3. The van der Waals surface area contributed by atoms with Crippen molar-refractivity contribution in [2.24, 2.45) is 0 Å². The Hall–Kier alpha value is -0.910. The number of carbonyl (C=O) groups is 1. The number of rotatable bonds is 6. The molecule has 0 bridgehead atoms. The first-order chi connectivity index (χ1) is 10.1.